The van der Waals surface area contributed by atoms with E-state index >= 15 is 0 Å². The summed E-state index contributed by atoms with van der Waals surface area (Å²) in [6.45, 7) is 0.316. The van der Waals surface area contributed by atoms with E-state index in [-0.39, 0.29) is 5.82 Å². The van der Waals surface area contributed by atoms with Crippen LogP contribution in [0.4, 0.5) is 4.39 Å². The van der Waals surface area contributed by atoms with Crippen molar-refractivity contribution in [3.05, 3.63) is 47.8 Å². The van der Waals surface area contributed by atoms with E-state index in [1.165, 1.54) is 0 Å². The summed E-state index contributed by atoms with van der Waals surface area (Å²) >= 11 is 0. The number of hydrogen-bond donors (Lipinski definition) is 0. The summed E-state index contributed by atoms with van der Waals surface area (Å²) in [5.74, 6) is -0.176. The highest BCUT2D eigenvalue weighted by Crippen LogP contribution is 2.21. The van der Waals surface area contributed by atoms with Gasteiger partial charge in [-0.15, -0.1) is 0 Å². The fraction of sp³-hybridized carbons (Fsp3) is 0.167. The number of halogens is 1. The minimum absolute atomic E-state index is 0.176. The third-order valence-electron chi connectivity index (χ3n) is 2.24. The highest BCUT2D eigenvalue weighted by molar-refractivity contribution is 5.83. The fourth-order valence-electron chi connectivity index (χ4n) is 1.55. The molecule has 0 atom stereocenters. The molecule has 2 rings (SSSR count). The Bertz CT molecular complexity index is 451. The van der Waals surface area contributed by atoms with Gasteiger partial charge in [0.15, 0.2) is 0 Å². The molecule has 0 bridgehead atoms. The zero-order valence-electron chi connectivity index (χ0n) is 7.96. The van der Waals surface area contributed by atoms with Crippen LogP contribution in [0.1, 0.15) is 5.56 Å². The minimum atomic E-state index is -0.176. The smallest absolute Gasteiger partial charge is 0.136 e. The maximum atomic E-state index is 13.8. The minimum Gasteiger partial charge on any atom is -0.380 e. The molecule has 0 aliphatic carbocycles. The van der Waals surface area contributed by atoms with Gasteiger partial charge in [-0.2, -0.15) is 0 Å². The second-order valence-electron chi connectivity index (χ2n) is 3.19. The summed E-state index contributed by atoms with van der Waals surface area (Å²) in [6.07, 6.45) is 0. The molecule has 0 spiro atoms. The molecule has 0 amide bonds. The molecule has 0 N–H and O–H groups in total. The Morgan fingerprint density at radius 1 is 1.14 bits per heavy atom. The van der Waals surface area contributed by atoms with Gasteiger partial charge in [-0.05, 0) is 5.39 Å². The standard InChI is InChI=1S/C12H11FO/c1-14-8-10-7-6-9-4-2-3-5-11(9)12(10)13/h2-7H,8H2,1H3. The molecular formula is C12H11FO. The average molecular weight is 190 g/mol. The van der Waals surface area contributed by atoms with E-state index in [1.807, 2.05) is 24.3 Å². The van der Waals surface area contributed by atoms with Gasteiger partial charge in [0.1, 0.15) is 5.82 Å². The fourth-order valence-corrected chi connectivity index (χ4v) is 1.55. The van der Waals surface area contributed by atoms with Crippen LogP contribution in [0.25, 0.3) is 10.8 Å². The molecule has 0 heterocycles. The Hall–Kier alpha value is -1.41. The summed E-state index contributed by atoms with van der Waals surface area (Å²) in [5, 5.41) is 1.58. The molecule has 0 aromatic heterocycles. The lowest BCUT2D eigenvalue weighted by molar-refractivity contribution is 0.181. The maximum Gasteiger partial charge on any atom is 0.136 e. The summed E-state index contributed by atoms with van der Waals surface area (Å²) in [6, 6.07) is 11.1. The molecule has 0 unspecified atom stereocenters. The topological polar surface area (TPSA) is 9.23 Å². The van der Waals surface area contributed by atoms with E-state index in [1.54, 1.807) is 19.2 Å². The summed E-state index contributed by atoms with van der Waals surface area (Å²) < 4.78 is 18.7. The Kier molecular flexibility index (Phi) is 2.46. The number of hydrogen-bond acceptors (Lipinski definition) is 1. The van der Waals surface area contributed by atoms with Crippen molar-refractivity contribution in [3.63, 3.8) is 0 Å². The zero-order valence-corrected chi connectivity index (χ0v) is 7.96. The molecule has 2 heteroatoms. The predicted octanol–water partition coefficient (Wildman–Crippen LogP) is 3.13. The van der Waals surface area contributed by atoms with E-state index in [4.69, 9.17) is 4.74 Å². The normalized spacial score (nSPS) is 10.7. The largest absolute Gasteiger partial charge is 0.380 e. The van der Waals surface area contributed by atoms with Crippen LogP contribution >= 0.6 is 0 Å². The zero-order chi connectivity index (χ0) is 9.97. The van der Waals surface area contributed by atoms with Crippen molar-refractivity contribution in [2.45, 2.75) is 6.61 Å². The molecule has 1 nitrogen and oxygen atoms in total. The van der Waals surface area contributed by atoms with Crippen molar-refractivity contribution >= 4 is 10.8 Å². The van der Waals surface area contributed by atoms with Crippen LogP contribution in [0.2, 0.25) is 0 Å². The van der Waals surface area contributed by atoms with Gasteiger partial charge in [-0.25, -0.2) is 4.39 Å². The first-order valence-electron chi connectivity index (χ1n) is 4.48. The first kappa shape index (κ1) is 9.16. The molecule has 0 fully saturated rings. The van der Waals surface area contributed by atoms with E-state index in [0.717, 1.165) is 5.39 Å². The first-order valence-corrected chi connectivity index (χ1v) is 4.48. The Balaban J connectivity index is 2.63. The lowest BCUT2D eigenvalue weighted by Crippen LogP contribution is -1.93. The molecule has 72 valence electrons. The van der Waals surface area contributed by atoms with E-state index in [0.29, 0.717) is 17.6 Å². The van der Waals surface area contributed by atoms with Gasteiger partial charge in [0.25, 0.3) is 0 Å². The molecule has 0 aliphatic heterocycles. The molecule has 0 saturated carbocycles. The number of benzene rings is 2. The SMILES string of the molecule is COCc1ccc2ccccc2c1F. The Morgan fingerprint density at radius 3 is 2.71 bits per heavy atom. The molecule has 2 aromatic rings. The summed E-state index contributed by atoms with van der Waals surface area (Å²) in [5.41, 5.74) is 0.603. The van der Waals surface area contributed by atoms with Crippen molar-refractivity contribution in [1.82, 2.24) is 0 Å². The second kappa shape index (κ2) is 3.76. The van der Waals surface area contributed by atoms with Gasteiger partial charge < -0.3 is 4.74 Å². The third kappa shape index (κ3) is 1.49. The van der Waals surface area contributed by atoms with Crippen molar-refractivity contribution in [1.29, 1.82) is 0 Å². The van der Waals surface area contributed by atoms with Crippen LogP contribution in [0.5, 0.6) is 0 Å². The summed E-state index contributed by atoms with van der Waals surface area (Å²) in [7, 11) is 1.56. The van der Waals surface area contributed by atoms with E-state index in [2.05, 4.69) is 0 Å². The predicted molar refractivity (Wildman–Crippen MR) is 54.6 cm³/mol. The van der Waals surface area contributed by atoms with E-state index in [9.17, 15) is 4.39 Å². The number of rotatable bonds is 2. The number of methoxy groups -OCH3 is 1. The van der Waals surface area contributed by atoms with E-state index < -0.39 is 0 Å². The van der Waals surface area contributed by atoms with Crippen molar-refractivity contribution in [3.8, 4) is 0 Å². The van der Waals surface area contributed by atoms with Gasteiger partial charge in [-0.3, -0.25) is 0 Å². The molecule has 2 aromatic carbocycles. The molecular weight excluding hydrogens is 179 g/mol. The highest BCUT2D eigenvalue weighted by atomic mass is 19.1. The van der Waals surface area contributed by atoms with Crippen molar-refractivity contribution in [2.24, 2.45) is 0 Å². The van der Waals surface area contributed by atoms with Gasteiger partial charge in [0.05, 0.1) is 6.61 Å². The summed E-state index contributed by atoms with van der Waals surface area (Å²) in [4.78, 5) is 0. The third-order valence-corrected chi connectivity index (χ3v) is 2.24. The lowest BCUT2D eigenvalue weighted by Gasteiger charge is -2.04. The molecule has 0 aliphatic rings. The number of fused-ring (bicyclic) bond motifs is 1. The van der Waals surface area contributed by atoms with Crippen LogP contribution < -0.4 is 0 Å². The second-order valence-corrected chi connectivity index (χ2v) is 3.19. The Morgan fingerprint density at radius 2 is 1.93 bits per heavy atom. The van der Waals surface area contributed by atoms with Gasteiger partial charge in [0, 0.05) is 18.1 Å². The van der Waals surface area contributed by atoms with Crippen LogP contribution in [-0.4, -0.2) is 7.11 Å². The van der Waals surface area contributed by atoms with Crippen LogP contribution in [-0.2, 0) is 11.3 Å². The van der Waals surface area contributed by atoms with Crippen LogP contribution in [0, 0.1) is 5.82 Å². The monoisotopic (exact) mass is 190 g/mol. The van der Waals surface area contributed by atoms with Gasteiger partial charge in [0.2, 0.25) is 0 Å². The van der Waals surface area contributed by atoms with Gasteiger partial charge >= 0.3 is 0 Å². The van der Waals surface area contributed by atoms with Gasteiger partial charge in [-0.1, -0.05) is 36.4 Å². The lowest BCUT2D eigenvalue weighted by atomic mass is 10.1. The van der Waals surface area contributed by atoms with Crippen LogP contribution in [0.3, 0.4) is 0 Å². The molecule has 14 heavy (non-hydrogen) atoms. The molecule has 0 saturated heterocycles. The van der Waals surface area contributed by atoms with Crippen molar-refractivity contribution < 1.29 is 9.13 Å². The molecule has 0 radical (unpaired) electrons. The number of ether oxygens (including phenoxy) is 1. The average Bonchev–Trinajstić information content (AvgIpc) is 2.23. The Labute approximate surface area is 82.1 Å². The van der Waals surface area contributed by atoms with Crippen LogP contribution in [0.15, 0.2) is 36.4 Å². The first-order chi connectivity index (χ1) is 6.83. The maximum absolute atomic E-state index is 13.8. The highest BCUT2D eigenvalue weighted by Gasteiger charge is 2.05. The van der Waals surface area contributed by atoms with Crippen molar-refractivity contribution in [2.75, 3.05) is 7.11 Å². The quantitative estimate of drug-likeness (QED) is 0.707.